The second kappa shape index (κ2) is 9.60. The highest BCUT2D eigenvalue weighted by molar-refractivity contribution is 7.39. The van der Waals surface area contributed by atoms with Crippen LogP contribution in [0, 0.1) is 0 Å². The average molecular weight is 413 g/mol. The Bertz CT molecular complexity index is 974. The molecule has 0 bridgehead atoms. The van der Waals surface area contributed by atoms with Gasteiger partial charge >= 0.3 is 8.03 Å². The third-order valence-electron chi connectivity index (χ3n) is 4.31. The van der Waals surface area contributed by atoms with Crippen LogP contribution in [-0.2, 0) is 15.5 Å². The Morgan fingerprint density at radius 2 is 2.04 bits per heavy atom. The van der Waals surface area contributed by atoms with Crippen LogP contribution in [0.5, 0.6) is 0 Å². The molecule has 0 saturated heterocycles. The van der Waals surface area contributed by atoms with Crippen molar-refractivity contribution in [2.24, 2.45) is 0 Å². The molecule has 1 atom stereocenters. The normalized spacial score (nSPS) is 11.2. The number of rotatable bonds is 8. The number of nitrogen functional groups attached to an aromatic ring is 1. The molecule has 0 aliphatic carbocycles. The van der Waals surface area contributed by atoms with Gasteiger partial charge in [-0.15, -0.1) is 15.9 Å². The fourth-order valence-electron chi connectivity index (χ4n) is 2.83. The number of hydrogen-bond donors (Lipinski definition) is 2. The van der Waals surface area contributed by atoms with Gasteiger partial charge in [0, 0.05) is 10.4 Å². The van der Waals surface area contributed by atoms with E-state index in [2.05, 4.69) is 5.32 Å². The van der Waals surface area contributed by atoms with Crippen molar-refractivity contribution in [2.45, 2.75) is 12.8 Å². The Morgan fingerprint density at radius 3 is 2.79 bits per heavy atom. The minimum absolute atomic E-state index is 0.208. The molecule has 3 N–H and O–H groups in total. The van der Waals surface area contributed by atoms with E-state index in [0.717, 1.165) is 28.8 Å². The number of carbonyl (C=O) groups excluding carboxylic acids is 1. The second-order valence-electron chi connectivity index (χ2n) is 6.28. The van der Waals surface area contributed by atoms with Crippen LogP contribution in [0.15, 0.2) is 60.0 Å². The summed E-state index contributed by atoms with van der Waals surface area (Å²) < 4.78 is 16.2. The Morgan fingerprint density at radius 1 is 1.18 bits per heavy atom. The number of nitrogens with one attached hydrogen (secondary N) is 1. The van der Waals surface area contributed by atoms with E-state index in [0.29, 0.717) is 23.1 Å². The van der Waals surface area contributed by atoms with Gasteiger partial charge in [0.2, 0.25) is 0 Å². The van der Waals surface area contributed by atoms with Gasteiger partial charge in [-0.1, -0.05) is 24.3 Å². The van der Waals surface area contributed by atoms with Gasteiger partial charge in [0.1, 0.15) is 0 Å². The molecule has 3 aromatic rings. The molecule has 0 radical (unpaired) electrons. The van der Waals surface area contributed by atoms with Crippen LogP contribution in [0.4, 0.5) is 11.4 Å². The van der Waals surface area contributed by atoms with Crippen molar-refractivity contribution in [1.29, 1.82) is 0 Å². The van der Waals surface area contributed by atoms with E-state index < -0.39 is 8.03 Å². The zero-order valence-corrected chi connectivity index (χ0v) is 17.3. The minimum Gasteiger partial charge on any atom is -0.397 e. The number of anilines is 2. The smallest absolute Gasteiger partial charge is 0.397 e. The quantitative estimate of drug-likeness (QED) is 0.374. The molecule has 28 heavy (non-hydrogen) atoms. The first-order chi connectivity index (χ1) is 13.6. The van der Waals surface area contributed by atoms with E-state index in [4.69, 9.17) is 10.3 Å². The predicted octanol–water partition coefficient (Wildman–Crippen LogP) is 5.57. The van der Waals surface area contributed by atoms with Crippen molar-refractivity contribution in [3.63, 3.8) is 0 Å². The van der Waals surface area contributed by atoms with Gasteiger partial charge in [-0.25, -0.2) is 0 Å². The molecule has 1 amide bonds. The van der Waals surface area contributed by atoms with E-state index in [1.165, 1.54) is 7.11 Å². The molecule has 1 aromatic heterocycles. The number of nitrogens with two attached hydrogens (primary N) is 1. The van der Waals surface area contributed by atoms with Crippen LogP contribution in [0.25, 0.3) is 10.4 Å². The Kier molecular flexibility index (Phi) is 6.93. The van der Waals surface area contributed by atoms with E-state index in [1.54, 1.807) is 23.5 Å². The van der Waals surface area contributed by atoms with Crippen molar-refractivity contribution in [2.75, 3.05) is 24.3 Å². The molecule has 0 saturated carbocycles. The largest absolute Gasteiger partial charge is 0.507 e. The summed E-state index contributed by atoms with van der Waals surface area (Å²) in [6, 6.07) is 17.1. The van der Waals surface area contributed by atoms with Crippen molar-refractivity contribution in [1.82, 2.24) is 0 Å². The van der Waals surface area contributed by atoms with Crippen molar-refractivity contribution in [3.8, 4) is 10.4 Å². The minimum atomic E-state index is -1.59. The number of benzene rings is 2. The molecule has 3 rings (SSSR count). The third kappa shape index (κ3) is 5.26. The van der Waals surface area contributed by atoms with E-state index in [9.17, 15) is 9.36 Å². The predicted molar refractivity (Wildman–Crippen MR) is 116 cm³/mol. The van der Waals surface area contributed by atoms with Crippen LogP contribution in [0.2, 0.25) is 0 Å². The van der Waals surface area contributed by atoms with Gasteiger partial charge < -0.3 is 11.1 Å². The maximum Gasteiger partial charge on any atom is 0.507 e. The van der Waals surface area contributed by atoms with Gasteiger partial charge in [0.05, 0.1) is 18.5 Å². The number of carbonyl (C=O) groups is 1. The highest BCUT2D eigenvalue weighted by Gasteiger charge is 2.14. The van der Waals surface area contributed by atoms with Crippen molar-refractivity contribution >= 4 is 36.6 Å². The van der Waals surface area contributed by atoms with Gasteiger partial charge in [0.25, 0.3) is 5.91 Å². The Labute approximate surface area is 169 Å². The molecule has 2 aromatic carbocycles. The molecular weight excluding hydrogens is 391 g/mol. The van der Waals surface area contributed by atoms with Crippen molar-refractivity contribution < 1.29 is 13.9 Å². The van der Waals surface area contributed by atoms with Crippen LogP contribution in [0.3, 0.4) is 0 Å². The van der Waals surface area contributed by atoms with Crippen LogP contribution in [-0.4, -0.2) is 19.2 Å². The van der Waals surface area contributed by atoms with Crippen molar-refractivity contribution in [3.05, 3.63) is 71.1 Å². The lowest BCUT2D eigenvalue weighted by molar-refractivity contribution is 0.102. The maximum atomic E-state index is 12.7. The summed E-state index contributed by atoms with van der Waals surface area (Å²) in [7, 11) is -0.146. The summed E-state index contributed by atoms with van der Waals surface area (Å²) in [6.07, 6.45) is 1.99. The zero-order valence-electron chi connectivity index (χ0n) is 15.6. The fraction of sp³-hybridized carbons (Fsp3) is 0.190. The van der Waals surface area contributed by atoms with Crippen LogP contribution >= 0.6 is 19.4 Å². The van der Waals surface area contributed by atoms with Gasteiger partial charge in [-0.3, -0.25) is 4.79 Å². The number of aryl methyl sites for hydroxylation is 1. The fourth-order valence-corrected chi connectivity index (χ4v) is 4.15. The lowest BCUT2D eigenvalue weighted by Crippen LogP contribution is -2.13. The summed E-state index contributed by atoms with van der Waals surface area (Å²) in [4.78, 5) is 13.8. The monoisotopic (exact) mass is 413 g/mol. The van der Waals surface area contributed by atoms with Gasteiger partial charge in [0.15, 0.2) is 6.16 Å². The van der Waals surface area contributed by atoms with E-state index in [-0.39, 0.29) is 5.91 Å². The number of amides is 1. The van der Waals surface area contributed by atoms with E-state index in [1.807, 2.05) is 47.8 Å². The first kappa shape index (κ1) is 20.2. The molecule has 0 aliphatic rings. The lowest BCUT2D eigenvalue weighted by atomic mass is 10.1. The SMILES string of the molecule is CO[P+](=O)CCCc1cccc(C(=O)Nc2cc(-c3cccs3)ccc2N)c1. The summed E-state index contributed by atoms with van der Waals surface area (Å²) in [5.74, 6) is -0.208. The molecule has 1 heterocycles. The zero-order chi connectivity index (χ0) is 19.9. The standard InChI is InChI=1S/C21H21N2O3PS/c1-26-27(25)11-3-6-15-5-2-7-17(13-15)21(24)23-19-14-16(9-10-18(19)22)20-8-4-12-28-20/h2,4-5,7-10,12-14H,3,6,11,22H2,1H3/p+1. The molecule has 0 spiro atoms. The number of thiophene rings is 1. The summed E-state index contributed by atoms with van der Waals surface area (Å²) in [6.45, 7) is 0. The molecule has 0 aliphatic heterocycles. The average Bonchev–Trinajstić information content (AvgIpc) is 3.24. The Hall–Kier alpha value is -2.53. The summed E-state index contributed by atoms with van der Waals surface area (Å²) in [5, 5.41) is 4.93. The maximum absolute atomic E-state index is 12.7. The van der Waals surface area contributed by atoms with Crippen LogP contribution < -0.4 is 11.1 Å². The van der Waals surface area contributed by atoms with E-state index >= 15 is 0 Å². The number of hydrogen-bond acceptors (Lipinski definition) is 5. The second-order valence-corrected chi connectivity index (χ2v) is 8.70. The highest BCUT2D eigenvalue weighted by atomic mass is 32.1. The summed E-state index contributed by atoms with van der Waals surface area (Å²) >= 11 is 1.64. The molecule has 1 unspecified atom stereocenters. The molecule has 5 nitrogen and oxygen atoms in total. The highest BCUT2D eigenvalue weighted by Crippen LogP contribution is 2.30. The summed E-state index contributed by atoms with van der Waals surface area (Å²) in [5.41, 5.74) is 9.77. The molecule has 144 valence electrons. The van der Waals surface area contributed by atoms with Crippen LogP contribution in [0.1, 0.15) is 22.3 Å². The molecule has 7 heteroatoms. The first-order valence-electron chi connectivity index (χ1n) is 8.89. The molecule has 0 fully saturated rings. The first-order valence-corrected chi connectivity index (χ1v) is 11.1. The Balaban J connectivity index is 1.70. The topological polar surface area (TPSA) is 81.4 Å². The molecular formula is C21H22N2O3PS+. The lowest BCUT2D eigenvalue weighted by Gasteiger charge is -2.11. The third-order valence-corrected chi connectivity index (χ3v) is 6.31. The van der Waals surface area contributed by atoms with Gasteiger partial charge in [-0.2, -0.15) is 0 Å². The van der Waals surface area contributed by atoms with Gasteiger partial charge in [-0.05, 0) is 64.2 Å².